The van der Waals surface area contributed by atoms with E-state index in [9.17, 15) is 4.79 Å². The number of aryl methyl sites for hydroxylation is 3. The molecule has 1 aliphatic carbocycles. The Bertz CT molecular complexity index is 1290. The molecule has 0 saturated heterocycles. The molecule has 4 rings (SSSR count). The van der Waals surface area contributed by atoms with Gasteiger partial charge in [-0.05, 0) is 89.5 Å². The number of carbonyl (C=O) groups is 1. The smallest absolute Gasteiger partial charge is 0.244 e. The fourth-order valence-corrected chi connectivity index (χ4v) is 5.07. The van der Waals surface area contributed by atoms with Crippen molar-refractivity contribution in [2.45, 2.75) is 66.7 Å². The van der Waals surface area contributed by atoms with Gasteiger partial charge in [0.25, 0.3) is 0 Å². The molecule has 3 aromatic rings. The van der Waals surface area contributed by atoms with Crippen molar-refractivity contribution in [2.24, 2.45) is 0 Å². The molecule has 0 bridgehead atoms. The molecule has 1 heterocycles. The molecule has 2 aromatic carbocycles. The summed E-state index contributed by atoms with van der Waals surface area (Å²) in [4.78, 5) is 12.7. The van der Waals surface area contributed by atoms with E-state index in [2.05, 4.69) is 49.5 Å². The number of hydrogen-bond donors (Lipinski definition) is 1. The van der Waals surface area contributed by atoms with Gasteiger partial charge in [0, 0.05) is 34.7 Å². The van der Waals surface area contributed by atoms with Crippen molar-refractivity contribution in [1.29, 1.82) is 0 Å². The third-order valence-electron chi connectivity index (χ3n) is 6.91. The minimum atomic E-state index is -0.0686. The average molecular weight is 472 g/mol. The highest BCUT2D eigenvalue weighted by molar-refractivity contribution is 6.02. The Labute approximate surface area is 209 Å². The van der Waals surface area contributed by atoms with Crippen LogP contribution in [0.25, 0.3) is 27.7 Å². The summed E-state index contributed by atoms with van der Waals surface area (Å²) in [5.74, 6) is 0.705. The molecule has 0 aliphatic heterocycles. The van der Waals surface area contributed by atoms with Crippen molar-refractivity contribution in [1.82, 2.24) is 5.32 Å². The van der Waals surface area contributed by atoms with E-state index in [0.29, 0.717) is 13.2 Å². The maximum absolute atomic E-state index is 12.7. The third-order valence-corrected chi connectivity index (χ3v) is 6.91. The zero-order valence-corrected chi connectivity index (χ0v) is 21.7. The van der Waals surface area contributed by atoms with E-state index < -0.39 is 0 Å². The summed E-state index contributed by atoms with van der Waals surface area (Å²) < 4.78 is 12.1. The molecule has 1 N–H and O–H groups in total. The number of allylic oxidation sites excluding steroid dienone is 2. The minimum Gasteiger partial charge on any atom is -0.493 e. The van der Waals surface area contributed by atoms with Crippen molar-refractivity contribution in [3.8, 4) is 16.9 Å². The summed E-state index contributed by atoms with van der Waals surface area (Å²) >= 11 is 0. The summed E-state index contributed by atoms with van der Waals surface area (Å²) in [6, 6.07) is 8.58. The van der Waals surface area contributed by atoms with Crippen LogP contribution in [0.4, 0.5) is 0 Å². The Hall–Kier alpha value is -3.27. The number of ether oxygens (including phenoxy) is 1. The quantitative estimate of drug-likeness (QED) is 0.269. The van der Waals surface area contributed by atoms with E-state index in [1.807, 2.05) is 27.0 Å². The van der Waals surface area contributed by atoms with Gasteiger partial charge in [-0.15, -0.1) is 0 Å². The van der Waals surface area contributed by atoms with Crippen LogP contribution in [0.1, 0.15) is 68.2 Å². The SMILES string of the molecule is CCOc1c(/C(C)=C/C(=O)NCCC2=CCCCC2)cc2c(-c3ccc(C)cc3C)coc2c1C. The monoisotopic (exact) mass is 471 g/mol. The lowest BCUT2D eigenvalue weighted by Gasteiger charge is -2.15. The summed E-state index contributed by atoms with van der Waals surface area (Å²) in [6.45, 7) is 11.4. The van der Waals surface area contributed by atoms with Crippen LogP contribution in [0.2, 0.25) is 0 Å². The summed E-state index contributed by atoms with van der Waals surface area (Å²) in [7, 11) is 0. The molecule has 184 valence electrons. The summed E-state index contributed by atoms with van der Waals surface area (Å²) in [5.41, 5.74) is 9.70. The van der Waals surface area contributed by atoms with E-state index in [1.165, 1.54) is 36.0 Å². The molecule has 0 spiro atoms. The molecular weight excluding hydrogens is 434 g/mol. The van der Waals surface area contributed by atoms with Crippen molar-refractivity contribution < 1.29 is 13.9 Å². The van der Waals surface area contributed by atoms with Crippen molar-refractivity contribution in [2.75, 3.05) is 13.2 Å². The number of rotatable bonds is 8. The fourth-order valence-electron chi connectivity index (χ4n) is 5.07. The van der Waals surface area contributed by atoms with Crippen LogP contribution in [-0.4, -0.2) is 19.1 Å². The molecule has 1 aliphatic rings. The van der Waals surface area contributed by atoms with Gasteiger partial charge in [-0.25, -0.2) is 0 Å². The molecule has 1 aromatic heterocycles. The Morgan fingerprint density at radius 3 is 2.69 bits per heavy atom. The Balaban J connectivity index is 1.66. The number of furan rings is 1. The Morgan fingerprint density at radius 1 is 1.14 bits per heavy atom. The number of nitrogens with one attached hydrogen (secondary N) is 1. The van der Waals surface area contributed by atoms with E-state index >= 15 is 0 Å². The molecular formula is C31H37NO3. The Kier molecular flexibility index (Phi) is 7.80. The average Bonchev–Trinajstić information content (AvgIpc) is 3.25. The number of fused-ring (bicyclic) bond motifs is 1. The number of hydrogen-bond acceptors (Lipinski definition) is 3. The summed E-state index contributed by atoms with van der Waals surface area (Å²) in [6.07, 6.45) is 11.7. The molecule has 0 radical (unpaired) electrons. The van der Waals surface area contributed by atoms with Crippen LogP contribution in [0.5, 0.6) is 5.75 Å². The highest BCUT2D eigenvalue weighted by Crippen LogP contribution is 2.41. The van der Waals surface area contributed by atoms with Gasteiger partial charge in [-0.3, -0.25) is 4.79 Å². The lowest BCUT2D eigenvalue weighted by atomic mass is 9.94. The molecule has 1 amide bonds. The largest absolute Gasteiger partial charge is 0.493 e. The van der Waals surface area contributed by atoms with Crippen LogP contribution in [0, 0.1) is 20.8 Å². The van der Waals surface area contributed by atoms with E-state index in [-0.39, 0.29) is 5.91 Å². The number of benzene rings is 2. The Morgan fingerprint density at radius 2 is 1.97 bits per heavy atom. The first-order valence-corrected chi connectivity index (χ1v) is 12.8. The second kappa shape index (κ2) is 11.0. The highest BCUT2D eigenvalue weighted by Gasteiger charge is 2.20. The minimum absolute atomic E-state index is 0.0686. The van der Waals surface area contributed by atoms with E-state index in [4.69, 9.17) is 9.15 Å². The van der Waals surface area contributed by atoms with Crippen LogP contribution in [0.15, 0.2) is 52.7 Å². The molecule has 0 unspecified atom stereocenters. The van der Waals surface area contributed by atoms with Gasteiger partial charge in [-0.1, -0.05) is 35.4 Å². The molecule has 4 heteroatoms. The van der Waals surface area contributed by atoms with Gasteiger partial charge in [0.1, 0.15) is 11.3 Å². The number of carbonyl (C=O) groups excluding carboxylic acids is 1. The topological polar surface area (TPSA) is 51.5 Å². The number of amides is 1. The second-order valence-corrected chi connectivity index (χ2v) is 9.63. The zero-order chi connectivity index (χ0) is 24.9. The first-order valence-electron chi connectivity index (χ1n) is 12.8. The maximum atomic E-state index is 12.7. The van der Waals surface area contributed by atoms with Crippen molar-refractivity contribution >= 4 is 22.4 Å². The van der Waals surface area contributed by atoms with Crippen molar-refractivity contribution in [3.63, 3.8) is 0 Å². The zero-order valence-electron chi connectivity index (χ0n) is 21.7. The second-order valence-electron chi connectivity index (χ2n) is 9.63. The van der Waals surface area contributed by atoms with Gasteiger partial charge < -0.3 is 14.5 Å². The molecule has 35 heavy (non-hydrogen) atoms. The predicted octanol–water partition coefficient (Wildman–Crippen LogP) is 7.83. The van der Waals surface area contributed by atoms with E-state index in [0.717, 1.165) is 57.4 Å². The lowest BCUT2D eigenvalue weighted by Crippen LogP contribution is -2.23. The fraction of sp³-hybridized carbons (Fsp3) is 0.387. The molecule has 0 fully saturated rings. The first kappa shape index (κ1) is 24.8. The van der Waals surface area contributed by atoms with Gasteiger partial charge in [0.15, 0.2) is 0 Å². The third kappa shape index (κ3) is 5.53. The highest BCUT2D eigenvalue weighted by atomic mass is 16.5. The van der Waals surface area contributed by atoms with Crippen LogP contribution >= 0.6 is 0 Å². The van der Waals surface area contributed by atoms with E-state index in [1.54, 1.807) is 6.08 Å². The molecule has 4 nitrogen and oxygen atoms in total. The standard InChI is InChI=1S/C31H37NO3/c1-6-34-30-23(5)31-27(28(19-35-31)25-13-12-20(2)16-21(25)3)18-26(30)22(4)17-29(33)32-15-14-24-10-8-7-9-11-24/h10,12-13,16-19H,6-9,11,14-15H2,1-5H3,(H,32,33)/b22-17+. The molecule has 0 saturated carbocycles. The summed E-state index contributed by atoms with van der Waals surface area (Å²) in [5, 5.41) is 4.10. The van der Waals surface area contributed by atoms with Gasteiger partial charge in [0.2, 0.25) is 5.91 Å². The lowest BCUT2D eigenvalue weighted by molar-refractivity contribution is -0.116. The van der Waals surface area contributed by atoms with Gasteiger partial charge in [-0.2, -0.15) is 0 Å². The first-order chi connectivity index (χ1) is 16.9. The predicted molar refractivity (Wildman–Crippen MR) is 145 cm³/mol. The van der Waals surface area contributed by atoms with Crippen molar-refractivity contribution in [3.05, 3.63) is 70.5 Å². The normalized spacial score (nSPS) is 14.2. The van der Waals surface area contributed by atoms with Gasteiger partial charge >= 0.3 is 0 Å². The maximum Gasteiger partial charge on any atom is 0.244 e. The van der Waals surface area contributed by atoms with Crippen LogP contribution in [0.3, 0.4) is 0 Å². The van der Waals surface area contributed by atoms with Gasteiger partial charge in [0.05, 0.1) is 12.9 Å². The molecule has 0 atom stereocenters. The van der Waals surface area contributed by atoms with Crippen LogP contribution < -0.4 is 10.1 Å². The van der Waals surface area contributed by atoms with Crippen LogP contribution in [-0.2, 0) is 4.79 Å².